The fourth-order valence-corrected chi connectivity index (χ4v) is 3.28. The van der Waals surface area contributed by atoms with Gasteiger partial charge in [0.15, 0.2) is 11.5 Å². The number of hydrogen-bond donors (Lipinski definition) is 1. The zero-order valence-electron chi connectivity index (χ0n) is 15.8. The Labute approximate surface area is 173 Å². The third-order valence-corrected chi connectivity index (χ3v) is 4.76. The molecule has 0 atom stereocenters. The van der Waals surface area contributed by atoms with E-state index in [1.165, 1.54) is 12.1 Å². The maximum Gasteiger partial charge on any atom is 0.175 e. The van der Waals surface area contributed by atoms with Gasteiger partial charge in [-0.3, -0.25) is 0 Å². The van der Waals surface area contributed by atoms with Crippen molar-refractivity contribution in [2.75, 3.05) is 33.8 Å². The smallest absolute Gasteiger partial charge is 0.175 e. The molecule has 0 unspecified atom stereocenters. The molecule has 7 heteroatoms. The molecule has 2 aromatic rings. The van der Waals surface area contributed by atoms with Crippen LogP contribution in [-0.2, 0) is 13.2 Å². The summed E-state index contributed by atoms with van der Waals surface area (Å²) in [5.41, 5.74) is 1.80. The van der Waals surface area contributed by atoms with Crippen molar-refractivity contribution in [1.82, 2.24) is 10.2 Å². The predicted octanol–water partition coefficient (Wildman–Crippen LogP) is 4.87. The quantitative estimate of drug-likeness (QED) is 0.514. The number of rotatable bonds is 10. The van der Waals surface area contributed by atoms with Crippen LogP contribution in [0, 0.1) is 5.82 Å². The molecule has 2 aromatic carbocycles. The zero-order valence-corrected chi connectivity index (χ0v) is 18.2. The van der Waals surface area contributed by atoms with Crippen LogP contribution in [0.4, 0.5) is 4.39 Å². The van der Waals surface area contributed by atoms with Gasteiger partial charge in [-0.15, -0.1) is 0 Å². The molecule has 0 radical (unpaired) electrons. The molecule has 0 spiro atoms. The second-order valence-electron chi connectivity index (χ2n) is 6.34. The first-order valence-corrected chi connectivity index (χ1v) is 9.95. The predicted molar refractivity (Wildman–Crippen MR) is 111 cm³/mol. The summed E-state index contributed by atoms with van der Waals surface area (Å²) >= 11 is 9.65. The fourth-order valence-electron chi connectivity index (χ4n) is 2.45. The van der Waals surface area contributed by atoms with Crippen LogP contribution < -0.4 is 14.8 Å². The summed E-state index contributed by atoms with van der Waals surface area (Å²) in [5, 5.41) is 3.75. The molecule has 2 rings (SSSR count). The molecule has 0 bridgehead atoms. The van der Waals surface area contributed by atoms with Crippen molar-refractivity contribution in [1.29, 1.82) is 0 Å². The molecule has 0 fully saturated rings. The zero-order chi connectivity index (χ0) is 19.8. The van der Waals surface area contributed by atoms with E-state index in [-0.39, 0.29) is 12.4 Å². The van der Waals surface area contributed by atoms with Crippen molar-refractivity contribution in [3.8, 4) is 11.5 Å². The molecule has 27 heavy (non-hydrogen) atoms. The summed E-state index contributed by atoms with van der Waals surface area (Å²) in [6.07, 6.45) is 0. The summed E-state index contributed by atoms with van der Waals surface area (Å²) < 4.78 is 25.7. The van der Waals surface area contributed by atoms with E-state index in [9.17, 15) is 4.39 Å². The number of hydrogen-bond acceptors (Lipinski definition) is 4. The third kappa shape index (κ3) is 6.96. The van der Waals surface area contributed by atoms with Crippen molar-refractivity contribution in [2.45, 2.75) is 20.1 Å². The Bertz CT molecular complexity index is 759. The lowest BCUT2D eigenvalue weighted by Crippen LogP contribution is -2.26. The van der Waals surface area contributed by atoms with E-state index in [1.54, 1.807) is 6.07 Å². The summed E-state index contributed by atoms with van der Waals surface area (Å²) in [6, 6.07) is 8.24. The number of benzene rings is 2. The number of likely N-dealkylation sites (N-methyl/N-ethyl adjacent to an activating group) is 1. The SMILES string of the molecule is CCOc1cc(CNCCN(C)C)cc(Br)c1OCc1ccc(F)cc1Cl. The second kappa shape index (κ2) is 10.9. The minimum atomic E-state index is -0.369. The molecule has 0 saturated heterocycles. The Hall–Kier alpha value is -1.34. The number of ether oxygens (including phenoxy) is 2. The van der Waals surface area contributed by atoms with Crippen molar-refractivity contribution in [3.63, 3.8) is 0 Å². The van der Waals surface area contributed by atoms with E-state index in [2.05, 4.69) is 26.1 Å². The van der Waals surface area contributed by atoms with Crippen LogP contribution in [0.25, 0.3) is 0 Å². The first kappa shape index (κ1) is 22.0. The molecule has 4 nitrogen and oxygen atoms in total. The van der Waals surface area contributed by atoms with Crippen LogP contribution in [0.15, 0.2) is 34.8 Å². The van der Waals surface area contributed by atoms with E-state index in [0.717, 1.165) is 29.7 Å². The fraction of sp³-hybridized carbons (Fsp3) is 0.400. The average molecular weight is 460 g/mol. The van der Waals surface area contributed by atoms with E-state index in [4.69, 9.17) is 21.1 Å². The normalized spacial score (nSPS) is 11.1. The van der Waals surface area contributed by atoms with Crippen LogP contribution in [-0.4, -0.2) is 38.7 Å². The molecule has 0 heterocycles. The van der Waals surface area contributed by atoms with Gasteiger partial charge in [-0.05, 0) is 66.8 Å². The lowest BCUT2D eigenvalue weighted by molar-refractivity contribution is 0.267. The summed E-state index contributed by atoms with van der Waals surface area (Å²) in [6.45, 7) is 5.28. The van der Waals surface area contributed by atoms with Gasteiger partial charge in [-0.25, -0.2) is 4.39 Å². The van der Waals surface area contributed by atoms with Gasteiger partial charge in [-0.2, -0.15) is 0 Å². The van der Waals surface area contributed by atoms with Crippen LogP contribution in [0.2, 0.25) is 5.02 Å². The highest BCUT2D eigenvalue weighted by atomic mass is 79.9. The first-order valence-electron chi connectivity index (χ1n) is 8.78. The largest absolute Gasteiger partial charge is 0.490 e. The van der Waals surface area contributed by atoms with Crippen molar-refractivity contribution in [3.05, 3.63) is 56.8 Å². The van der Waals surface area contributed by atoms with Gasteiger partial charge in [0.05, 0.1) is 16.1 Å². The Balaban J connectivity index is 2.10. The Kier molecular flexibility index (Phi) is 8.83. The third-order valence-electron chi connectivity index (χ3n) is 3.82. The summed E-state index contributed by atoms with van der Waals surface area (Å²) in [5.74, 6) is 0.898. The molecule has 0 aliphatic heterocycles. The number of nitrogens with zero attached hydrogens (tertiary/aromatic N) is 1. The molecule has 0 saturated carbocycles. The van der Waals surface area contributed by atoms with Crippen molar-refractivity contribution >= 4 is 27.5 Å². The number of nitrogens with one attached hydrogen (secondary N) is 1. The van der Waals surface area contributed by atoms with Gasteiger partial charge in [0.1, 0.15) is 12.4 Å². The highest BCUT2D eigenvalue weighted by Crippen LogP contribution is 2.37. The molecule has 0 amide bonds. The van der Waals surface area contributed by atoms with E-state index in [0.29, 0.717) is 28.7 Å². The molecule has 0 aliphatic rings. The average Bonchev–Trinajstić information content (AvgIpc) is 2.59. The Morgan fingerprint density at radius 3 is 2.63 bits per heavy atom. The molecular formula is C20H25BrClFN2O2. The topological polar surface area (TPSA) is 33.7 Å². The Morgan fingerprint density at radius 1 is 1.19 bits per heavy atom. The van der Waals surface area contributed by atoms with Gasteiger partial charge >= 0.3 is 0 Å². The van der Waals surface area contributed by atoms with Crippen molar-refractivity contribution in [2.24, 2.45) is 0 Å². The van der Waals surface area contributed by atoms with E-state index >= 15 is 0 Å². The van der Waals surface area contributed by atoms with Gasteiger partial charge in [-0.1, -0.05) is 17.7 Å². The lowest BCUT2D eigenvalue weighted by Gasteiger charge is -2.16. The molecule has 0 aromatic heterocycles. The van der Waals surface area contributed by atoms with Gasteiger partial charge < -0.3 is 19.7 Å². The standard InChI is InChI=1S/C20H25BrClFN2O2/c1-4-26-19-10-14(12-24-7-8-25(2)3)9-17(21)20(19)27-13-15-5-6-16(23)11-18(15)22/h5-6,9-11,24H,4,7-8,12-13H2,1-3H3. The van der Waals surface area contributed by atoms with Crippen LogP contribution in [0.5, 0.6) is 11.5 Å². The van der Waals surface area contributed by atoms with Crippen LogP contribution >= 0.6 is 27.5 Å². The lowest BCUT2D eigenvalue weighted by atomic mass is 10.2. The second-order valence-corrected chi connectivity index (χ2v) is 7.60. The van der Waals surface area contributed by atoms with E-state index in [1.807, 2.05) is 33.2 Å². The van der Waals surface area contributed by atoms with Gasteiger partial charge in [0, 0.05) is 25.2 Å². The summed E-state index contributed by atoms with van der Waals surface area (Å²) in [7, 11) is 4.09. The van der Waals surface area contributed by atoms with Crippen molar-refractivity contribution < 1.29 is 13.9 Å². The minimum absolute atomic E-state index is 0.220. The summed E-state index contributed by atoms with van der Waals surface area (Å²) in [4.78, 5) is 2.13. The number of halogens is 3. The molecule has 1 N–H and O–H groups in total. The first-order chi connectivity index (χ1) is 12.9. The van der Waals surface area contributed by atoms with E-state index < -0.39 is 0 Å². The van der Waals surface area contributed by atoms with Crippen LogP contribution in [0.1, 0.15) is 18.1 Å². The van der Waals surface area contributed by atoms with Gasteiger partial charge in [0.2, 0.25) is 0 Å². The monoisotopic (exact) mass is 458 g/mol. The Morgan fingerprint density at radius 2 is 1.96 bits per heavy atom. The van der Waals surface area contributed by atoms with Gasteiger partial charge in [0.25, 0.3) is 0 Å². The minimum Gasteiger partial charge on any atom is -0.490 e. The molecular weight excluding hydrogens is 435 g/mol. The maximum atomic E-state index is 13.2. The highest BCUT2D eigenvalue weighted by molar-refractivity contribution is 9.10. The molecule has 0 aliphatic carbocycles. The highest BCUT2D eigenvalue weighted by Gasteiger charge is 2.13. The maximum absolute atomic E-state index is 13.2. The molecule has 148 valence electrons. The van der Waals surface area contributed by atoms with Crippen LogP contribution in [0.3, 0.4) is 0 Å².